The van der Waals surface area contributed by atoms with Gasteiger partial charge >= 0.3 is 0 Å². The van der Waals surface area contributed by atoms with Crippen LogP contribution < -0.4 is 5.32 Å². The van der Waals surface area contributed by atoms with Crippen LogP contribution in [0, 0.1) is 13.8 Å². The fraction of sp³-hybridized carbons (Fsp3) is 0.636. The summed E-state index contributed by atoms with van der Waals surface area (Å²) in [5, 5.41) is 4.26. The number of hydrogen-bond donors (Lipinski definition) is 1. The Morgan fingerprint density at radius 1 is 1.38 bits per heavy atom. The zero-order chi connectivity index (χ0) is 11.5. The largest absolute Gasteiger partial charge is 0.379 e. The van der Waals surface area contributed by atoms with E-state index < -0.39 is 0 Å². The lowest BCUT2D eigenvalue weighted by Gasteiger charge is -2.15. The summed E-state index contributed by atoms with van der Waals surface area (Å²) in [5.74, 6) is 0.951. The van der Waals surface area contributed by atoms with Crippen molar-refractivity contribution in [3.8, 4) is 0 Å². The molecule has 0 spiro atoms. The Bertz CT molecular complexity index is 378. The number of thioether (sulfide) groups is 1. The molecule has 1 fully saturated rings. The molecular weight excluding hydrogens is 222 g/mol. The molecule has 1 N–H and O–H groups in total. The Balaban J connectivity index is 2.20. The van der Waals surface area contributed by atoms with E-state index in [1.54, 1.807) is 11.8 Å². The summed E-state index contributed by atoms with van der Waals surface area (Å²) in [5.41, 5.74) is 2.17. The molecule has 1 unspecified atom stereocenters. The molecule has 5 heteroatoms. The summed E-state index contributed by atoms with van der Waals surface area (Å²) in [6.07, 6.45) is 3.05. The first-order chi connectivity index (χ1) is 7.70. The maximum absolute atomic E-state index is 5.34. The molecule has 2 rings (SSSR count). The van der Waals surface area contributed by atoms with Crippen LogP contribution in [0.15, 0.2) is 5.16 Å². The molecule has 0 saturated carbocycles. The van der Waals surface area contributed by atoms with Crippen molar-refractivity contribution < 1.29 is 4.74 Å². The molecule has 1 saturated heterocycles. The maximum Gasteiger partial charge on any atom is 0.189 e. The van der Waals surface area contributed by atoms with Gasteiger partial charge in [-0.1, -0.05) is 11.8 Å². The molecule has 1 aliphatic heterocycles. The number of ether oxygens (including phenoxy) is 1. The Morgan fingerprint density at radius 2 is 2.19 bits per heavy atom. The molecule has 0 bridgehead atoms. The van der Waals surface area contributed by atoms with Crippen molar-refractivity contribution >= 4 is 17.6 Å². The summed E-state index contributed by atoms with van der Waals surface area (Å²) in [6.45, 7) is 5.69. The van der Waals surface area contributed by atoms with Crippen LogP contribution in [0.2, 0.25) is 0 Å². The second-order valence-corrected chi connectivity index (χ2v) is 4.75. The molecule has 1 atom stereocenters. The molecule has 1 aliphatic rings. The minimum Gasteiger partial charge on any atom is -0.379 e. The van der Waals surface area contributed by atoms with Gasteiger partial charge in [0.25, 0.3) is 0 Å². The first-order valence-corrected chi connectivity index (χ1v) is 6.66. The molecule has 1 aromatic rings. The first kappa shape index (κ1) is 11.7. The van der Waals surface area contributed by atoms with E-state index in [0.29, 0.717) is 6.04 Å². The van der Waals surface area contributed by atoms with Crippen molar-refractivity contribution in [3.05, 3.63) is 11.3 Å². The summed E-state index contributed by atoms with van der Waals surface area (Å²) in [4.78, 5) is 8.91. The van der Waals surface area contributed by atoms with Crippen molar-refractivity contribution in [2.75, 3.05) is 24.8 Å². The number of hydrogen-bond acceptors (Lipinski definition) is 5. The Hall–Kier alpha value is -0.810. The lowest BCUT2D eigenvalue weighted by molar-refractivity contribution is 0.195. The average molecular weight is 239 g/mol. The van der Waals surface area contributed by atoms with E-state index in [-0.39, 0.29) is 0 Å². The summed E-state index contributed by atoms with van der Waals surface area (Å²) >= 11 is 1.57. The Morgan fingerprint density at radius 3 is 2.81 bits per heavy atom. The Labute approximate surface area is 100 Å². The van der Waals surface area contributed by atoms with Gasteiger partial charge in [-0.3, -0.25) is 0 Å². The molecule has 0 aliphatic carbocycles. The first-order valence-electron chi connectivity index (χ1n) is 5.44. The summed E-state index contributed by atoms with van der Waals surface area (Å²) in [7, 11) is 0. The third kappa shape index (κ3) is 2.47. The topological polar surface area (TPSA) is 47.0 Å². The highest BCUT2D eigenvalue weighted by atomic mass is 32.2. The molecular formula is C11H17N3OS. The van der Waals surface area contributed by atoms with Crippen molar-refractivity contribution in [2.24, 2.45) is 0 Å². The monoisotopic (exact) mass is 239 g/mol. The van der Waals surface area contributed by atoms with Gasteiger partial charge in [0.1, 0.15) is 5.82 Å². The smallest absolute Gasteiger partial charge is 0.189 e. The number of anilines is 1. The predicted octanol–water partition coefficient (Wildman–Crippen LogP) is 2.02. The van der Waals surface area contributed by atoms with E-state index in [1.807, 2.05) is 13.2 Å². The van der Waals surface area contributed by atoms with E-state index in [4.69, 9.17) is 4.74 Å². The number of rotatable bonds is 3. The van der Waals surface area contributed by atoms with Crippen LogP contribution in [-0.4, -0.2) is 35.5 Å². The molecule has 0 radical (unpaired) electrons. The zero-order valence-corrected chi connectivity index (χ0v) is 10.7. The van der Waals surface area contributed by atoms with Crippen LogP contribution in [-0.2, 0) is 4.74 Å². The molecule has 88 valence electrons. The fourth-order valence-electron chi connectivity index (χ4n) is 1.68. The Kier molecular flexibility index (Phi) is 3.66. The molecule has 0 aromatic carbocycles. The van der Waals surface area contributed by atoms with E-state index in [0.717, 1.165) is 41.9 Å². The van der Waals surface area contributed by atoms with Gasteiger partial charge < -0.3 is 10.1 Å². The van der Waals surface area contributed by atoms with Gasteiger partial charge in [0.05, 0.1) is 12.6 Å². The van der Waals surface area contributed by atoms with Crippen molar-refractivity contribution in [1.82, 2.24) is 9.97 Å². The average Bonchev–Trinajstić information content (AvgIpc) is 2.77. The van der Waals surface area contributed by atoms with Crippen molar-refractivity contribution in [3.63, 3.8) is 0 Å². The maximum atomic E-state index is 5.34. The standard InChI is InChI=1S/C11H17N3OS/c1-7-8(2)12-11(16-3)14-10(7)13-9-4-5-15-6-9/h9H,4-6H2,1-3H3,(H,12,13,14). The van der Waals surface area contributed by atoms with Crippen LogP contribution in [0.25, 0.3) is 0 Å². The van der Waals surface area contributed by atoms with Gasteiger partial charge in [-0.05, 0) is 26.5 Å². The number of aromatic nitrogens is 2. The minimum atomic E-state index is 0.391. The van der Waals surface area contributed by atoms with Crippen LogP contribution >= 0.6 is 11.8 Å². The van der Waals surface area contributed by atoms with Crippen LogP contribution in [0.5, 0.6) is 0 Å². The fourth-order valence-corrected chi connectivity index (χ4v) is 2.09. The van der Waals surface area contributed by atoms with E-state index in [2.05, 4.69) is 22.2 Å². The summed E-state index contributed by atoms with van der Waals surface area (Å²) < 4.78 is 5.34. The highest BCUT2D eigenvalue weighted by Gasteiger charge is 2.17. The SMILES string of the molecule is CSc1nc(C)c(C)c(NC2CCOC2)n1. The van der Waals surface area contributed by atoms with E-state index >= 15 is 0 Å². The molecule has 4 nitrogen and oxygen atoms in total. The molecule has 1 aromatic heterocycles. The number of nitrogens with one attached hydrogen (secondary N) is 1. The number of nitrogens with zero attached hydrogens (tertiary/aromatic N) is 2. The van der Waals surface area contributed by atoms with E-state index in [1.165, 1.54) is 0 Å². The third-order valence-electron chi connectivity index (χ3n) is 2.82. The highest BCUT2D eigenvalue weighted by molar-refractivity contribution is 7.98. The van der Waals surface area contributed by atoms with Gasteiger partial charge in [-0.25, -0.2) is 9.97 Å². The van der Waals surface area contributed by atoms with E-state index in [9.17, 15) is 0 Å². The minimum absolute atomic E-state index is 0.391. The lowest BCUT2D eigenvalue weighted by Crippen LogP contribution is -2.21. The highest BCUT2D eigenvalue weighted by Crippen LogP contribution is 2.21. The van der Waals surface area contributed by atoms with Gasteiger partial charge in [0.2, 0.25) is 0 Å². The molecule has 16 heavy (non-hydrogen) atoms. The quantitative estimate of drug-likeness (QED) is 0.646. The lowest BCUT2D eigenvalue weighted by atomic mass is 10.2. The third-order valence-corrected chi connectivity index (χ3v) is 3.37. The van der Waals surface area contributed by atoms with Crippen LogP contribution in [0.3, 0.4) is 0 Å². The van der Waals surface area contributed by atoms with Gasteiger partial charge in [-0.2, -0.15) is 0 Å². The van der Waals surface area contributed by atoms with Crippen molar-refractivity contribution in [2.45, 2.75) is 31.5 Å². The van der Waals surface area contributed by atoms with Crippen molar-refractivity contribution in [1.29, 1.82) is 0 Å². The molecule has 0 amide bonds. The van der Waals surface area contributed by atoms with Crippen LogP contribution in [0.1, 0.15) is 17.7 Å². The summed E-state index contributed by atoms with van der Waals surface area (Å²) in [6, 6.07) is 0.391. The van der Waals surface area contributed by atoms with Gasteiger partial charge in [-0.15, -0.1) is 0 Å². The zero-order valence-electron chi connectivity index (χ0n) is 9.91. The predicted molar refractivity (Wildman–Crippen MR) is 66.1 cm³/mol. The van der Waals surface area contributed by atoms with Crippen LogP contribution in [0.4, 0.5) is 5.82 Å². The second kappa shape index (κ2) is 5.01. The van der Waals surface area contributed by atoms with Gasteiger partial charge in [0.15, 0.2) is 5.16 Å². The second-order valence-electron chi connectivity index (χ2n) is 3.97. The number of aryl methyl sites for hydroxylation is 1. The van der Waals surface area contributed by atoms with Gasteiger partial charge in [0, 0.05) is 17.9 Å². The molecule has 2 heterocycles. The normalized spacial score (nSPS) is 20.1.